The number of hydrogen-bond acceptors (Lipinski definition) is 4. The minimum absolute atomic E-state index is 0.0149. The molecule has 0 unspecified atom stereocenters. The Morgan fingerprint density at radius 1 is 1.08 bits per heavy atom. The quantitative estimate of drug-likeness (QED) is 0.577. The molecule has 7 nitrogen and oxygen atoms in total. The van der Waals surface area contributed by atoms with Crippen molar-refractivity contribution in [3.05, 3.63) is 35.9 Å². The highest BCUT2D eigenvalue weighted by molar-refractivity contribution is 5.84. The number of nitrogens with two attached hydrogens (primary N) is 1. The molecule has 1 saturated heterocycles. The molecule has 0 radical (unpaired) electrons. The Morgan fingerprint density at radius 2 is 1.77 bits per heavy atom. The number of nitrogens with zero attached hydrogens (tertiary/aromatic N) is 1. The summed E-state index contributed by atoms with van der Waals surface area (Å²) in [4.78, 5) is 36.8. The molecule has 1 aromatic carbocycles. The summed E-state index contributed by atoms with van der Waals surface area (Å²) >= 11 is 0. The number of likely N-dealkylation sites (tertiary alicyclic amines) is 1. The van der Waals surface area contributed by atoms with E-state index in [0.29, 0.717) is 32.7 Å². The lowest BCUT2D eigenvalue weighted by Gasteiger charge is -2.17. The maximum absolute atomic E-state index is 12.5. The van der Waals surface area contributed by atoms with Crippen molar-refractivity contribution in [2.45, 2.75) is 25.7 Å². The van der Waals surface area contributed by atoms with Crippen molar-refractivity contribution in [3.63, 3.8) is 0 Å². The van der Waals surface area contributed by atoms with E-state index in [2.05, 4.69) is 22.8 Å². The van der Waals surface area contributed by atoms with Crippen molar-refractivity contribution in [2.24, 2.45) is 11.7 Å². The number of nitrogens with one attached hydrogen (secondary N) is 2. The lowest BCUT2D eigenvalue weighted by molar-refractivity contribution is -0.132. The maximum Gasteiger partial charge on any atom is 0.223 e. The van der Waals surface area contributed by atoms with Crippen LogP contribution in [0.15, 0.2) is 30.3 Å². The fraction of sp³-hybridized carbons (Fsp3) is 0.526. The minimum atomic E-state index is -0.183. The molecule has 0 bridgehead atoms. The maximum atomic E-state index is 12.5. The second-order valence-corrected chi connectivity index (χ2v) is 6.64. The third-order valence-corrected chi connectivity index (χ3v) is 4.71. The molecule has 1 fully saturated rings. The molecule has 1 aliphatic heterocycles. The Morgan fingerprint density at radius 3 is 2.42 bits per heavy atom. The Kier molecular flexibility index (Phi) is 7.59. The second kappa shape index (κ2) is 9.91. The van der Waals surface area contributed by atoms with Gasteiger partial charge in [-0.25, -0.2) is 0 Å². The molecule has 4 N–H and O–H groups in total. The monoisotopic (exact) mass is 360 g/mol. The predicted octanol–water partition coefficient (Wildman–Crippen LogP) is 0.220. The van der Waals surface area contributed by atoms with Crippen molar-refractivity contribution in [2.75, 3.05) is 32.7 Å². The first kappa shape index (κ1) is 19.9. The highest BCUT2D eigenvalue weighted by Gasteiger charge is 2.35. The Balaban J connectivity index is 1.77. The normalized spacial score (nSPS) is 19.2. The van der Waals surface area contributed by atoms with Gasteiger partial charge in [-0.05, 0) is 18.0 Å². The zero-order valence-electron chi connectivity index (χ0n) is 15.2. The van der Waals surface area contributed by atoms with E-state index in [9.17, 15) is 14.4 Å². The van der Waals surface area contributed by atoms with Gasteiger partial charge in [0.05, 0.1) is 0 Å². The number of amides is 3. The summed E-state index contributed by atoms with van der Waals surface area (Å²) in [6.45, 7) is 3.99. The molecule has 26 heavy (non-hydrogen) atoms. The van der Waals surface area contributed by atoms with Crippen LogP contribution in [-0.4, -0.2) is 55.3 Å². The van der Waals surface area contributed by atoms with Gasteiger partial charge in [-0.3, -0.25) is 14.4 Å². The largest absolute Gasteiger partial charge is 0.355 e. The highest BCUT2D eigenvalue weighted by Crippen LogP contribution is 2.32. The number of benzene rings is 1. The van der Waals surface area contributed by atoms with Gasteiger partial charge < -0.3 is 21.3 Å². The van der Waals surface area contributed by atoms with Crippen LogP contribution in [0.2, 0.25) is 0 Å². The first-order chi connectivity index (χ1) is 12.5. The van der Waals surface area contributed by atoms with Crippen LogP contribution in [0.5, 0.6) is 0 Å². The molecule has 2 atom stereocenters. The van der Waals surface area contributed by atoms with Crippen molar-refractivity contribution >= 4 is 17.7 Å². The highest BCUT2D eigenvalue weighted by atomic mass is 16.2. The van der Waals surface area contributed by atoms with E-state index < -0.39 is 0 Å². The number of hydrogen-bond donors (Lipinski definition) is 3. The van der Waals surface area contributed by atoms with E-state index in [1.54, 1.807) is 0 Å². The van der Waals surface area contributed by atoms with Gasteiger partial charge in [0.1, 0.15) is 0 Å². The first-order valence-electron chi connectivity index (χ1n) is 9.05. The number of rotatable bonds is 8. The summed E-state index contributed by atoms with van der Waals surface area (Å²) in [7, 11) is 0. The van der Waals surface area contributed by atoms with Crippen LogP contribution >= 0.6 is 0 Å². The Bertz CT molecular complexity index is 620. The van der Waals surface area contributed by atoms with E-state index in [-0.39, 0.29) is 42.4 Å². The molecule has 1 aliphatic rings. The molecule has 2 rings (SSSR count). The van der Waals surface area contributed by atoms with Gasteiger partial charge in [0, 0.05) is 51.9 Å². The summed E-state index contributed by atoms with van der Waals surface area (Å²) in [6, 6.07) is 10.1. The van der Waals surface area contributed by atoms with Gasteiger partial charge in [0.2, 0.25) is 17.7 Å². The van der Waals surface area contributed by atoms with Gasteiger partial charge in [-0.1, -0.05) is 30.3 Å². The Labute approximate surface area is 154 Å². The average molecular weight is 360 g/mol. The molecular weight excluding hydrogens is 332 g/mol. The molecule has 0 saturated carbocycles. The molecule has 0 aromatic heterocycles. The molecule has 7 heteroatoms. The number of carbonyl (C=O) groups excluding carboxylic acids is 3. The molecule has 1 heterocycles. The van der Waals surface area contributed by atoms with E-state index in [0.717, 1.165) is 0 Å². The fourth-order valence-electron chi connectivity index (χ4n) is 3.30. The van der Waals surface area contributed by atoms with Crippen molar-refractivity contribution in [3.8, 4) is 0 Å². The van der Waals surface area contributed by atoms with Gasteiger partial charge in [0.15, 0.2) is 0 Å². The average Bonchev–Trinajstić information content (AvgIpc) is 3.08. The predicted molar refractivity (Wildman–Crippen MR) is 99.2 cm³/mol. The van der Waals surface area contributed by atoms with Crippen LogP contribution in [0.4, 0.5) is 0 Å². The van der Waals surface area contributed by atoms with Crippen LogP contribution in [-0.2, 0) is 14.4 Å². The van der Waals surface area contributed by atoms with Crippen molar-refractivity contribution in [1.29, 1.82) is 0 Å². The summed E-state index contributed by atoms with van der Waals surface area (Å²) in [5.74, 6) is 0.159. The van der Waals surface area contributed by atoms with E-state index in [4.69, 9.17) is 5.73 Å². The van der Waals surface area contributed by atoms with Crippen LogP contribution in [0.1, 0.15) is 31.2 Å². The van der Waals surface area contributed by atoms with Gasteiger partial charge >= 0.3 is 0 Å². The van der Waals surface area contributed by atoms with E-state index in [1.807, 2.05) is 23.1 Å². The second-order valence-electron chi connectivity index (χ2n) is 6.64. The van der Waals surface area contributed by atoms with Crippen LogP contribution in [0, 0.1) is 5.92 Å². The first-order valence-corrected chi connectivity index (χ1v) is 9.05. The topological polar surface area (TPSA) is 105 Å². The molecule has 0 spiro atoms. The molecular formula is C19H28N4O3. The van der Waals surface area contributed by atoms with E-state index >= 15 is 0 Å². The lowest BCUT2D eigenvalue weighted by Crippen LogP contribution is -2.35. The summed E-state index contributed by atoms with van der Waals surface area (Å²) < 4.78 is 0. The summed E-state index contributed by atoms with van der Waals surface area (Å²) in [5, 5.41) is 5.30. The molecule has 142 valence electrons. The SMILES string of the molecule is CC(=O)NCCNC(=O)CCC(=O)N1C[C@@H](CN)[C@H](c2ccccc2)C1. The molecule has 1 aromatic rings. The van der Waals surface area contributed by atoms with Gasteiger partial charge in [-0.15, -0.1) is 0 Å². The summed E-state index contributed by atoms with van der Waals surface area (Å²) in [5.41, 5.74) is 7.11. The lowest BCUT2D eigenvalue weighted by atomic mass is 9.89. The van der Waals surface area contributed by atoms with Gasteiger partial charge in [0.25, 0.3) is 0 Å². The zero-order valence-corrected chi connectivity index (χ0v) is 15.2. The minimum Gasteiger partial charge on any atom is -0.355 e. The summed E-state index contributed by atoms with van der Waals surface area (Å²) in [6.07, 6.45) is 0.337. The smallest absolute Gasteiger partial charge is 0.223 e. The van der Waals surface area contributed by atoms with Crippen LogP contribution < -0.4 is 16.4 Å². The number of carbonyl (C=O) groups is 3. The third-order valence-electron chi connectivity index (χ3n) is 4.71. The Hall–Kier alpha value is -2.41. The third kappa shape index (κ3) is 5.84. The fourth-order valence-corrected chi connectivity index (χ4v) is 3.30. The van der Waals surface area contributed by atoms with Gasteiger partial charge in [-0.2, -0.15) is 0 Å². The van der Waals surface area contributed by atoms with Crippen LogP contribution in [0.3, 0.4) is 0 Å². The van der Waals surface area contributed by atoms with Crippen molar-refractivity contribution < 1.29 is 14.4 Å². The van der Waals surface area contributed by atoms with Crippen molar-refractivity contribution in [1.82, 2.24) is 15.5 Å². The zero-order chi connectivity index (χ0) is 18.9. The van der Waals surface area contributed by atoms with Crippen LogP contribution in [0.25, 0.3) is 0 Å². The molecule has 3 amide bonds. The standard InChI is InChI=1S/C19H28N4O3/c1-14(24)21-9-10-22-18(25)7-8-19(26)23-12-16(11-20)17(13-23)15-5-3-2-4-6-15/h2-6,16-17H,7-13,20H2,1H3,(H,21,24)(H,22,25)/t16-,17+/m1/s1. The van der Waals surface area contributed by atoms with E-state index in [1.165, 1.54) is 12.5 Å². The molecule has 0 aliphatic carbocycles.